The van der Waals surface area contributed by atoms with Gasteiger partial charge >= 0.3 is 0 Å². The Balaban J connectivity index is 2.01. The van der Waals surface area contributed by atoms with Gasteiger partial charge in [-0.1, -0.05) is 6.42 Å². The summed E-state index contributed by atoms with van der Waals surface area (Å²) >= 11 is 5.68. The SMILES string of the molecule is CN(C)CCN1CCN(CCCCCCl)CC1. The van der Waals surface area contributed by atoms with Crippen molar-refractivity contribution < 1.29 is 0 Å². The summed E-state index contributed by atoms with van der Waals surface area (Å²) in [5.41, 5.74) is 0. The second kappa shape index (κ2) is 9.15. The number of alkyl halides is 1. The molecule has 0 radical (unpaired) electrons. The van der Waals surface area contributed by atoms with E-state index in [1.54, 1.807) is 0 Å². The summed E-state index contributed by atoms with van der Waals surface area (Å²) in [7, 11) is 4.29. The highest BCUT2D eigenvalue weighted by atomic mass is 35.5. The normalized spacial score (nSPS) is 19.1. The third kappa shape index (κ3) is 7.24. The Bertz CT molecular complexity index is 180. The first-order chi connectivity index (χ1) is 8.22. The van der Waals surface area contributed by atoms with E-state index in [1.807, 2.05) is 0 Å². The van der Waals surface area contributed by atoms with Gasteiger partial charge in [-0.3, -0.25) is 4.90 Å². The summed E-state index contributed by atoms with van der Waals surface area (Å²) in [6, 6.07) is 0. The molecule has 17 heavy (non-hydrogen) atoms. The van der Waals surface area contributed by atoms with Crippen LogP contribution < -0.4 is 0 Å². The van der Waals surface area contributed by atoms with Crippen molar-refractivity contribution in [2.24, 2.45) is 0 Å². The lowest BCUT2D eigenvalue weighted by Crippen LogP contribution is -2.48. The van der Waals surface area contributed by atoms with Crippen molar-refractivity contribution in [2.45, 2.75) is 19.3 Å². The predicted octanol–water partition coefficient (Wildman–Crippen LogP) is 1.57. The summed E-state index contributed by atoms with van der Waals surface area (Å²) in [5.74, 6) is 0.818. The Hall–Kier alpha value is 0.170. The molecular formula is C13H28ClN3. The van der Waals surface area contributed by atoms with Crippen molar-refractivity contribution in [3.05, 3.63) is 0 Å². The van der Waals surface area contributed by atoms with Gasteiger partial charge in [0.2, 0.25) is 0 Å². The first-order valence-electron chi connectivity index (χ1n) is 6.88. The summed E-state index contributed by atoms with van der Waals surface area (Å²) < 4.78 is 0. The summed E-state index contributed by atoms with van der Waals surface area (Å²) in [4.78, 5) is 7.44. The molecule has 1 aliphatic rings. The molecule has 1 saturated heterocycles. The van der Waals surface area contributed by atoms with Crippen LogP contribution in [-0.2, 0) is 0 Å². The number of hydrogen-bond acceptors (Lipinski definition) is 3. The van der Waals surface area contributed by atoms with Crippen LogP contribution in [0.3, 0.4) is 0 Å². The topological polar surface area (TPSA) is 9.72 Å². The van der Waals surface area contributed by atoms with E-state index >= 15 is 0 Å². The fourth-order valence-electron chi connectivity index (χ4n) is 2.18. The minimum Gasteiger partial charge on any atom is -0.308 e. The zero-order valence-electron chi connectivity index (χ0n) is 11.5. The van der Waals surface area contributed by atoms with E-state index in [0.717, 1.165) is 5.88 Å². The average molecular weight is 262 g/mol. The molecule has 0 aromatic heterocycles. The number of halogens is 1. The zero-order chi connectivity index (χ0) is 12.5. The Morgan fingerprint density at radius 1 is 0.882 bits per heavy atom. The molecule has 0 unspecified atom stereocenters. The fourth-order valence-corrected chi connectivity index (χ4v) is 2.37. The highest BCUT2D eigenvalue weighted by Crippen LogP contribution is 2.05. The lowest BCUT2D eigenvalue weighted by Gasteiger charge is -2.35. The number of piperazine rings is 1. The molecule has 0 bridgehead atoms. The molecule has 3 nitrogen and oxygen atoms in total. The average Bonchev–Trinajstić information content (AvgIpc) is 2.33. The van der Waals surface area contributed by atoms with Gasteiger partial charge in [-0.15, -0.1) is 11.6 Å². The highest BCUT2D eigenvalue weighted by Gasteiger charge is 2.15. The monoisotopic (exact) mass is 261 g/mol. The van der Waals surface area contributed by atoms with Crippen molar-refractivity contribution in [2.75, 3.05) is 65.8 Å². The largest absolute Gasteiger partial charge is 0.308 e. The van der Waals surface area contributed by atoms with Crippen molar-refractivity contribution in [1.29, 1.82) is 0 Å². The first kappa shape index (κ1) is 15.2. The maximum Gasteiger partial charge on any atom is 0.0223 e. The van der Waals surface area contributed by atoms with E-state index in [-0.39, 0.29) is 0 Å². The van der Waals surface area contributed by atoms with Crippen LogP contribution in [0.1, 0.15) is 19.3 Å². The Morgan fingerprint density at radius 3 is 2.00 bits per heavy atom. The van der Waals surface area contributed by atoms with Gasteiger partial charge in [-0.25, -0.2) is 0 Å². The minimum atomic E-state index is 0.818. The quantitative estimate of drug-likeness (QED) is 0.485. The Morgan fingerprint density at radius 2 is 1.47 bits per heavy atom. The maximum absolute atomic E-state index is 5.68. The zero-order valence-corrected chi connectivity index (χ0v) is 12.3. The summed E-state index contributed by atoms with van der Waals surface area (Å²) in [5, 5.41) is 0. The standard InChI is InChI=1S/C13H28ClN3/c1-15(2)8-9-17-12-10-16(11-13-17)7-5-3-4-6-14/h3-13H2,1-2H3. The van der Waals surface area contributed by atoms with E-state index in [4.69, 9.17) is 11.6 Å². The molecule has 1 aliphatic heterocycles. The van der Waals surface area contributed by atoms with Crippen molar-refractivity contribution in [3.8, 4) is 0 Å². The Kier molecular flexibility index (Phi) is 8.19. The molecular weight excluding hydrogens is 234 g/mol. The van der Waals surface area contributed by atoms with Crippen LogP contribution in [0.2, 0.25) is 0 Å². The smallest absolute Gasteiger partial charge is 0.0223 e. The second-order valence-electron chi connectivity index (χ2n) is 5.24. The van der Waals surface area contributed by atoms with Gasteiger partial charge < -0.3 is 9.80 Å². The van der Waals surface area contributed by atoms with Gasteiger partial charge in [0.25, 0.3) is 0 Å². The van der Waals surface area contributed by atoms with E-state index in [0.29, 0.717) is 0 Å². The predicted molar refractivity (Wildman–Crippen MR) is 76.0 cm³/mol. The molecule has 0 aliphatic carbocycles. The van der Waals surface area contributed by atoms with E-state index in [2.05, 4.69) is 28.8 Å². The van der Waals surface area contributed by atoms with Gasteiger partial charge in [0, 0.05) is 45.1 Å². The van der Waals surface area contributed by atoms with E-state index < -0.39 is 0 Å². The Labute approximate surface area is 112 Å². The highest BCUT2D eigenvalue weighted by molar-refractivity contribution is 6.17. The summed E-state index contributed by atoms with van der Waals surface area (Å²) in [6.45, 7) is 8.62. The van der Waals surface area contributed by atoms with Crippen LogP contribution >= 0.6 is 11.6 Å². The number of hydrogen-bond donors (Lipinski definition) is 0. The number of likely N-dealkylation sites (N-methyl/N-ethyl adjacent to an activating group) is 1. The fraction of sp³-hybridized carbons (Fsp3) is 1.00. The molecule has 1 fully saturated rings. The maximum atomic E-state index is 5.68. The lowest BCUT2D eigenvalue weighted by atomic mass is 10.2. The van der Waals surface area contributed by atoms with E-state index in [9.17, 15) is 0 Å². The molecule has 0 spiro atoms. The van der Waals surface area contributed by atoms with Crippen LogP contribution in [0.15, 0.2) is 0 Å². The molecule has 4 heteroatoms. The molecule has 0 aromatic rings. The number of rotatable bonds is 8. The van der Waals surface area contributed by atoms with Gasteiger partial charge in [0.15, 0.2) is 0 Å². The first-order valence-corrected chi connectivity index (χ1v) is 7.41. The van der Waals surface area contributed by atoms with Crippen LogP contribution in [0.5, 0.6) is 0 Å². The van der Waals surface area contributed by atoms with Gasteiger partial charge in [-0.05, 0) is 33.5 Å². The number of unbranched alkanes of at least 4 members (excludes halogenated alkanes) is 2. The molecule has 0 aromatic carbocycles. The summed E-state index contributed by atoms with van der Waals surface area (Å²) in [6.07, 6.45) is 3.76. The van der Waals surface area contributed by atoms with Gasteiger partial charge in [0.05, 0.1) is 0 Å². The molecule has 0 atom stereocenters. The third-order valence-electron chi connectivity index (χ3n) is 3.44. The van der Waals surface area contributed by atoms with Gasteiger partial charge in [-0.2, -0.15) is 0 Å². The van der Waals surface area contributed by atoms with Crippen molar-refractivity contribution >= 4 is 11.6 Å². The van der Waals surface area contributed by atoms with Crippen molar-refractivity contribution in [1.82, 2.24) is 14.7 Å². The molecule has 0 N–H and O–H groups in total. The van der Waals surface area contributed by atoms with Crippen LogP contribution in [0.4, 0.5) is 0 Å². The van der Waals surface area contributed by atoms with E-state index in [1.165, 1.54) is 65.1 Å². The number of nitrogens with zero attached hydrogens (tertiary/aromatic N) is 3. The van der Waals surface area contributed by atoms with Crippen LogP contribution in [-0.4, -0.2) is 80.5 Å². The molecule has 1 heterocycles. The van der Waals surface area contributed by atoms with Crippen molar-refractivity contribution in [3.63, 3.8) is 0 Å². The third-order valence-corrected chi connectivity index (χ3v) is 3.70. The molecule has 0 amide bonds. The lowest BCUT2D eigenvalue weighted by molar-refractivity contribution is 0.124. The van der Waals surface area contributed by atoms with Crippen LogP contribution in [0.25, 0.3) is 0 Å². The minimum absolute atomic E-state index is 0.818. The molecule has 0 saturated carbocycles. The molecule has 1 rings (SSSR count). The molecule has 102 valence electrons. The van der Waals surface area contributed by atoms with Crippen LogP contribution in [0, 0.1) is 0 Å². The van der Waals surface area contributed by atoms with Gasteiger partial charge in [0.1, 0.15) is 0 Å². The second-order valence-corrected chi connectivity index (χ2v) is 5.61.